The molecule has 0 spiro atoms. The number of rotatable bonds is 2. The summed E-state index contributed by atoms with van der Waals surface area (Å²) in [4.78, 5) is 5.06. The van der Waals surface area contributed by atoms with Crippen LogP contribution in [-0.2, 0) is 0 Å². The topological polar surface area (TPSA) is 41.6 Å². The first kappa shape index (κ1) is 13.9. The minimum atomic E-state index is 0.977. The summed E-state index contributed by atoms with van der Waals surface area (Å²) in [6.45, 7) is 0. The van der Waals surface area contributed by atoms with E-state index in [0.717, 1.165) is 38.6 Å². The van der Waals surface area contributed by atoms with Crippen LogP contribution in [-0.4, -0.2) is 15.2 Å². The lowest BCUT2D eigenvalue weighted by Gasteiger charge is -2.12. The Bertz CT molecular complexity index is 1180. The molecule has 0 atom stereocenters. The van der Waals surface area contributed by atoms with Gasteiger partial charge in [-0.2, -0.15) is 5.10 Å². The van der Waals surface area contributed by atoms with Crippen molar-refractivity contribution in [3.63, 3.8) is 0 Å². The molecule has 2 aromatic heterocycles. The van der Waals surface area contributed by atoms with Gasteiger partial charge in [0.25, 0.3) is 0 Å². The Morgan fingerprint density at radius 3 is 2.20 bits per heavy atom. The average Bonchev–Trinajstić information content (AvgIpc) is 3.17. The molecule has 0 aliphatic carbocycles. The largest absolute Gasteiger partial charge is 0.278 e. The molecule has 0 saturated carbocycles. The average molecular weight is 321 g/mol. The van der Waals surface area contributed by atoms with Crippen molar-refractivity contribution in [2.24, 2.45) is 0 Å². The number of nitrogens with one attached hydrogen (secondary N) is 1. The second-order valence-corrected chi connectivity index (χ2v) is 6.09. The van der Waals surface area contributed by atoms with Crippen molar-refractivity contribution < 1.29 is 0 Å². The fourth-order valence-corrected chi connectivity index (χ4v) is 3.31. The highest BCUT2D eigenvalue weighted by atomic mass is 15.1. The van der Waals surface area contributed by atoms with Gasteiger partial charge in [0.15, 0.2) is 0 Å². The molecule has 25 heavy (non-hydrogen) atoms. The maximum atomic E-state index is 5.06. The number of pyridine rings is 1. The van der Waals surface area contributed by atoms with Gasteiger partial charge in [0.2, 0.25) is 0 Å². The second kappa shape index (κ2) is 5.56. The minimum Gasteiger partial charge on any atom is -0.278 e. The number of hydrogen-bond donors (Lipinski definition) is 1. The SMILES string of the molecule is c1ccc(-c2cc3ccc4[nH]ncc4c3nc2-c2ccccc2)cc1. The maximum Gasteiger partial charge on any atom is 0.0820 e. The summed E-state index contributed by atoms with van der Waals surface area (Å²) >= 11 is 0. The summed E-state index contributed by atoms with van der Waals surface area (Å²) in [7, 11) is 0. The van der Waals surface area contributed by atoms with Gasteiger partial charge in [-0.05, 0) is 17.7 Å². The third kappa shape index (κ3) is 2.29. The highest BCUT2D eigenvalue weighted by molar-refractivity contribution is 6.06. The van der Waals surface area contributed by atoms with Gasteiger partial charge in [0, 0.05) is 21.9 Å². The van der Waals surface area contributed by atoms with Gasteiger partial charge in [0.05, 0.1) is 22.9 Å². The van der Waals surface area contributed by atoms with E-state index in [0.29, 0.717) is 0 Å². The van der Waals surface area contributed by atoms with Crippen LogP contribution < -0.4 is 0 Å². The monoisotopic (exact) mass is 321 g/mol. The van der Waals surface area contributed by atoms with Crippen molar-refractivity contribution in [2.45, 2.75) is 0 Å². The van der Waals surface area contributed by atoms with Crippen molar-refractivity contribution in [3.8, 4) is 22.4 Å². The molecule has 0 fully saturated rings. The zero-order valence-electron chi connectivity index (χ0n) is 13.5. The molecule has 5 rings (SSSR count). The smallest absolute Gasteiger partial charge is 0.0820 e. The van der Waals surface area contributed by atoms with Gasteiger partial charge in [-0.3, -0.25) is 5.10 Å². The Morgan fingerprint density at radius 1 is 0.720 bits per heavy atom. The number of benzene rings is 3. The van der Waals surface area contributed by atoms with Crippen molar-refractivity contribution >= 4 is 21.8 Å². The standard InChI is InChI=1S/C22H15N3/c1-3-7-15(8-4-1)18-13-17-11-12-20-19(14-23-25-20)22(17)24-21(18)16-9-5-2-6-10-16/h1-14H,(H,23,25). The first-order valence-corrected chi connectivity index (χ1v) is 8.28. The molecule has 5 aromatic rings. The van der Waals surface area contributed by atoms with E-state index >= 15 is 0 Å². The van der Waals surface area contributed by atoms with Gasteiger partial charge in [-0.25, -0.2) is 4.98 Å². The molecule has 1 N–H and O–H groups in total. The number of aromatic nitrogens is 3. The summed E-state index contributed by atoms with van der Waals surface area (Å²) in [6, 6.07) is 27.2. The maximum absolute atomic E-state index is 5.06. The van der Waals surface area contributed by atoms with E-state index in [9.17, 15) is 0 Å². The van der Waals surface area contributed by atoms with Gasteiger partial charge < -0.3 is 0 Å². The predicted molar refractivity (Wildman–Crippen MR) is 102 cm³/mol. The van der Waals surface area contributed by atoms with Crippen molar-refractivity contribution in [2.75, 3.05) is 0 Å². The Hall–Kier alpha value is -3.46. The number of fused-ring (bicyclic) bond motifs is 3. The van der Waals surface area contributed by atoms with Crippen LogP contribution in [0, 0.1) is 0 Å². The summed E-state index contributed by atoms with van der Waals surface area (Å²) in [6.07, 6.45) is 1.85. The Labute approximate surface area is 145 Å². The van der Waals surface area contributed by atoms with E-state index < -0.39 is 0 Å². The highest BCUT2D eigenvalue weighted by Crippen LogP contribution is 2.35. The zero-order chi connectivity index (χ0) is 16.6. The highest BCUT2D eigenvalue weighted by Gasteiger charge is 2.13. The normalized spacial score (nSPS) is 11.2. The number of hydrogen-bond acceptors (Lipinski definition) is 2. The minimum absolute atomic E-state index is 0.977. The molecule has 3 aromatic carbocycles. The van der Waals surface area contributed by atoms with E-state index in [1.807, 2.05) is 18.3 Å². The van der Waals surface area contributed by atoms with Crippen molar-refractivity contribution in [1.82, 2.24) is 15.2 Å². The van der Waals surface area contributed by atoms with Crippen LogP contribution in [0.5, 0.6) is 0 Å². The van der Waals surface area contributed by atoms with E-state index in [1.54, 1.807) is 0 Å². The van der Waals surface area contributed by atoms with Gasteiger partial charge in [-0.1, -0.05) is 66.7 Å². The first-order valence-electron chi connectivity index (χ1n) is 8.28. The lowest BCUT2D eigenvalue weighted by atomic mass is 9.97. The van der Waals surface area contributed by atoms with E-state index in [4.69, 9.17) is 4.98 Å². The Kier molecular flexibility index (Phi) is 3.10. The van der Waals surface area contributed by atoms with Crippen LogP contribution in [0.15, 0.2) is 85.1 Å². The molecule has 0 aliphatic heterocycles. The lowest BCUT2D eigenvalue weighted by molar-refractivity contribution is 1.12. The van der Waals surface area contributed by atoms with Crippen molar-refractivity contribution in [3.05, 3.63) is 85.1 Å². The van der Waals surface area contributed by atoms with E-state index in [-0.39, 0.29) is 0 Å². The van der Waals surface area contributed by atoms with Crippen LogP contribution in [0.4, 0.5) is 0 Å². The molecule has 2 heterocycles. The molecule has 0 unspecified atom stereocenters. The zero-order valence-corrected chi connectivity index (χ0v) is 13.5. The Morgan fingerprint density at radius 2 is 1.44 bits per heavy atom. The lowest BCUT2D eigenvalue weighted by Crippen LogP contribution is -1.91. The van der Waals surface area contributed by atoms with Gasteiger partial charge >= 0.3 is 0 Å². The third-order valence-electron chi connectivity index (χ3n) is 4.54. The molecule has 3 nitrogen and oxygen atoms in total. The summed E-state index contributed by atoms with van der Waals surface area (Å²) in [5, 5.41) is 9.36. The molecular formula is C22H15N3. The van der Waals surface area contributed by atoms with Crippen LogP contribution in [0.3, 0.4) is 0 Å². The predicted octanol–water partition coefficient (Wildman–Crippen LogP) is 5.45. The molecule has 0 saturated heterocycles. The van der Waals surface area contributed by atoms with Crippen molar-refractivity contribution in [1.29, 1.82) is 0 Å². The van der Waals surface area contributed by atoms with Crippen LogP contribution >= 0.6 is 0 Å². The molecular weight excluding hydrogens is 306 g/mol. The quantitative estimate of drug-likeness (QED) is 0.470. The molecule has 118 valence electrons. The van der Waals surface area contributed by atoms with Gasteiger partial charge in [0.1, 0.15) is 0 Å². The first-order chi connectivity index (χ1) is 12.4. The molecule has 0 amide bonds. The summed E-state index contributed by atoms with van der Waals surface area (Å²) < 4.78 is 0. The number of nitrogens with zero attached hydrogens (tertiary/aromatic N) is 2. The Balaban J connectivity index is 1.89. The number of aromatic amines is 1. The molecule has 0 bridgehead atoms. The van der Waals surface area contributed by atoms with Crippen LogP contribution in [0.1, 0.15) is 0 Å². The fourth-order valence-electron chi connectivity index (χ4n) is 3.31. The molecule has 0 aliphatic rings. The summed E-state index contributed by atoms with van der Waals surface area (Å²) in [5.41, 5.74) is 6.40. The summed E-state index contributed by atoms with van der Waals surface area (Å²) in [5.74, 6) is 0. The van der Waals surface area contributed by atoms with E-state index in [2.05, 4.69) is 76.9 Å². The van der Waals surface area contributed by atoms with Crippen LogP contribution in [0.2, 0.25) is 0 Å². The fraction of sp³-hybridized carbons (Fsp3) is 0. The molecule has 0 radical (unpaired) electrons. The van der Waals surface area contributed by atoms with Crippen LogP contribution in [0.25, 0.3) is 44.2 Å². The third-order valence-corrected chi connectivity index (χ3v) is 4.54. The number of H-pyrrole nitrogens is 1. The second-order valence-electron chi connectivity index (χ2n) is 6.09. The molecule has 3 heteroatoms. The van der Waals surface area contributed by atoms with Gasteiger partial charge in [-0.15, -0.1) is 0 Å². The van der Waals surface area contributed by atoms with E-state index in [1.165, 1.54) is 5.56 Å².